The highest BCUT2D eigenvalue weighted by atomic mass is 16.5. The van der Waals surface area contributed by atoms with Crippen molar-refractivity contribution in [2.75, 3.05) is 27.9 Å². The van der Waals surface area contributed by atoms with E-state index < -0.39 is 0 Å². The van der Waals surface area contributed by atoms with Crippen LogP contribution >= 0.6 is 0 Å². The van der Waals surface area contributed by atoms with Crippen LogP contribution in [0.5, 0.6) is 17.2 Å². The quantitative estimate of drug-likeness (QED) is 0.876. The first-order valence-electron chi connectivity index (χ1n) is 8.89. The van der Waals surface area contributed by atoms with E-state index in [-0.39, 0.29) is 6.61 Å². The number of fused-ring (bicyclic) bond motifs is 3. The molecule has 26 heavy (non-hydrogen) atoms. The van der Waals surface area contributed by atoms with Gasteiger partial charge in [0.25, 0.3) is 0 Å². The van der Waals surface area contributed by atoms with E-state index in [0.29, 0.717) is 17.2 Å². The predicted octanol–water partition coefficient (Wildman–Crippen LogP) is 3.33. The molecule has 2 aromatic carbocycles. The molecule has 0 saturated carbocycles. The van der Waals surface area contributed by atoms with Gasteiger partial charge in [-0.3, -0.25) is 0 Å². The molecular formula is C21H29NO4. The number of hydrogen-bond donors (Lipinski definition) is 2. The second kappa shape index (κ2) is 9.46. The first-order chi connectivity index (χ1) is 12.6. The summed E-state index contributed by atoms with van der Waals surface area (Å²) in [6.45, 7) is 2.71. The topological polar surface area (TPSA) is 73.9 Å². The highest BCUT2D eigenvalue weighted by Gasteiger charge is 2.25. The number of aryl methyl sites for hydroxylation is 2. The number of nitrogens with two attached hydrogens (primary N) is 1. The normalized spacial score (nSPS) is 12.1. The Morgan fingerprint density at radius 2 is 1.62 bits per heavy atom. The minimum atomic E-state index is 0.0587. The Morgan fingerprint density at radius 1 is 0.962 bits per heavy atom. The molecule has 5 nitrogen and oxygen atoms in total. The highest BCUT2D eigenvalue weighted by molar-refractivity contribution is 5.82. The Labute approximate surface area is 155 Å². The van der Waals surface area contributed by atoms with Gasteiger partial charge in [-0.2, -0.15) is 0 Å². The smallest absolute Gasteiger partial charge is 0.203 e. The summed E-state index contributed by atoms with van der Waals surface area (Å²) in [7, 11) is 4.92. The molecule has 0 fully saturated rings. The molecule has 0 saturated heterocycles. The Balaban J connectivity index is 0.000000758. The van der Waals surface area contributed by atoms with Crippen molar-refractivity contribution >= 4 is 0 Å². The lowest BCUT2D eigenvalue weighted by Crippen LogP contribution is -2.00. The minimum Gasteiger partial charge on any atom is -0.493 e. The molecule has 3 rings (SSSR count). The zero-order chi connectivity index (χ0) is 19.1. The third kappa shape index (κ3) is 3.94. The Bertz CT molecular complexity index is 743. The monoisotopic (exact) mass is 359 g/mol. The molecule has 0 atom stereocenters. The highest BCUT2D eigenvalue weighted by Crippen LogP contribution is 2.49. The van der Waals surface area contributed by atoms with Crippen molar-refractivity contribution in [2.24, 2.45) is 5.73 Å². The van der Waals surface area contributed by atoms with Gasteiger partial charge in [0.15, 0.2) is 11.5 Å². The number of rotatable bonds is 4. The Hall–Kier alpha value is -2.24. The third-order valence-corrected chi connectivity index (χ3v) is 4.43. The van der Waals surface area contributed by atoms with Gasteiger partial charge in [0.2, 0.25) is 5.75 Å². The molecule has 5 heteroatoms. The predicted molar refractivity (Wildman–Crippen MR) is 104 cm³/mol. The fourth-order valence-corrected chi connectivity index (χ4v) is 3.36. The second-order valence-electron chi connectivity index (χ2n) is 6.09. The maximum atomic E-state index is 9.39. The lowest BCUT2D eigenvalue weighted by atomic mass is 9.93. The van der Waals surface area contributed by atoms with E-state index in [0.717, 1.165) is 42.5 Å². The Kier molecular flexibility index (Phi) is 7.30. The van der Waals surface area contributed by atoms with Gasteiger partial charge in [-0.05, 0) is 54.1 Å². The number of hydrogen-bond acceptors (Lipinski definition) is 5. The molecule has 1 aliphatic carbocycles. The molecule has 142 valence electrons. The summed E-state index contributed by atoms with van der Waals surface area (Å²) >= 11 is 0. The first-order valence-corrected chi connectivity index (χ1v) is 8.89. The number of ether oxygens (including phenoxy) is 3. The molecule has 2 aromatic rings. The fourth-order valence-electron chi connectivity index (χ4n) is 3.36. The van der Waals surface area contributed by atoms with Crippen LogP contribution in [0.4, 0.5) is 0 Å². The summed E-state index contributed by atoms with van der Waals surface area (Å²) in [6, 6.07) is 8.16. The Morgan fingerprint density at radius 3 is 2.19 bits per heavy atom. The van der Waals surface area contributed by atoms with Crippen LogP contribution in [0.15, 0.2) is 24.3 Å². The summed E-state index contributed by atoms with van der Waals surface area (Å²) in [5, 5.41) is 9.39. The van der Waals surface area contributed by atoms with Gasteiger partial charge in [-0.1, -0.05) is 25.1 Å². The van der Waals surface area contributed by atoms with E-state index in [2.05, 4.69) is 12.1 Å². The molecule has 0 bridgehead atoms. The van der Waals surface area contributed by atoms with Crippen LogP contribution < -0.4 is 19.9 Å². The van der Waals surface area contributed by atoms with Gasteiger partial charge in [0, 0.05) is 5.56 Å². The summed E-state index contributed by atoms with van der Waals surface area (Å²) in [4.78, 5) is 0. The molecule has 0 aliphatic heterocycles. The van der Waals surface area contributed by atoms with Crippen LogP contribution in [-0.2, 0) is 19.4 Å². The van der Waals surface area contributed by atoms with Crippen molar-refractivity contribution in [1.29, 1.82) is 0 Å². The van der Waals surface area contributed by atoms with Crippen LogP contribution in [-0.4, -0.2) is 33.0 Å². The first kappa shape index (κ1) is 20.1. The van der Waals surface area contributed by atoms with Gasteiger partial charge in [-0.15, -0.1) is 0 Å². The molecule has 0 heterocycles. The van der Waals surface area contributed by atoms with E-state index in [1.165, 1.54) is 11.1 Å². The maximum Gasteiger partial charge on any atom is 0.203 e. The standard InChI is InChI=1S/C19H22O4.C2H7N/c1-21-16-10-14-6-4-5-13-9-12(11-20)7-8-15(13)17(14)19(23-3)18(16)22-2;1-2-3/h7-10,20H,4-6,11H2,1-3H3;2-3H2,1H3. The summed E-state index contributed by atoms with van der Waals surface area (Å²) in [5.41, 5.74) is 10.4. The van der Waals surface area contributed by atoms with Crippen molar-refractivity contribution < 1.29 is 19.3 Å². The zero-order valence-corrected chi connectivity index (χ0v) is 16.1. The van der Waals surface area contributed by atoms with E-state index in [9.17, 15) is 5.11 Å². The van der Waals surface area contributed by atoms with Crippen molar-refractivity contribution in [3.63, 3.8) is 0 Å². The zero-order valence-electron chi connectivity index (χ0n) is 16.1. The van der Waals surface area contributed by atoms with Crippen molar-refractivity contribution in [1.82, 2.24) is 0 Å². The molecular weight excluding hydrogens is 330 g/mol. The SMILES string of the molecule is CCN.COc1cc2c(c(OC)c1OC)-c1ccc(CO)cc1CCC2. The molecule has 0 unspecified atom stereocenters. The lowest BCUT2D eigenvalue weighted by molar-refractivity contribution is 0.281. The van der Waals surface area contributed by atoms with Gasteiger partial charge in [0.1, 0.15) is 0 Å². The number of benzene rings is 2. The number of methoxy groups -OCH3 is 3. The summed E-state index contributed by atoms with van der Waals surface area (Å²) < 4.78 is 16.7. The van der Waals surface area contributed by atoms with E-state index in [1.54, 1.807) is 21.3 Å². The number of aliphatic hydroxyl groups excluding tert-OH is 1. The van der Waals surface area contributed by atoms with Crippen molar-refractivity contribution in [3.05, 3.63) is 41.0 Å². The minimum absolute atomic E-state index is 0.0587. The van der Waals surface area contributed by atoms with Crippen LogP contribution in [0.1, 0.15) is 30.0 Å². The van der Waals surface area contributed by atoms with Crippen LogP contribution in [0.3, 0.4) is 0 Å². The molecule has 0 aromatic heterocycles. The van der Waals surface area contributed by atoms with Crippen LogP contribution in [0.2, 0.25) is 0 Å². The van der Waals surface area contributed by atoms with Crippen molar-refractivity contribution in [2.45, 2.75) is 32.8 Å². The molecule has 0 amide bonds. The van der Waals surface area contributed by atoms with Gasteiger partial charge in [0.05, 0.1) is 27.9 Å². The van der Waals surface area contributed by atoms with Crippen LogP contribution in [0.25, 0.3) is 11.1 Å². The van der Waals surface area contributed by atoms with E-state index in [4.69, 9.17) is 19.9 Å². The lowest BCUT2D eigenvalue weighted by Gasteiger charge is -2.19. The number of aliphatic hydroxyl groups is 1. The largest absolute Gasteiger partial charge is 0.493 e. The molecule has 3 N–H and O–H groups in total. The van der Waals surface area contributed by atoms with Gasteiger partial charge < -0.3 is 25.1 Å². The van der Waals surface area contributed by atoms with E-state index in [1.807, 2.05) is 19.1 Å². The average Bonchev–Trinajstić information content (AvgIpc) is 2.85. The fraction of sp³-hybridized carbons (Fsp3) is 0.429. The van der Waals surface area contributed by atoms with Gasteiger partial charge in [-0.25, -0.2) is 0 Å². The second-order valence-corrected chi connectivity index (χ2v) is 6.09. The average molecular weight is 359 g/mol. The maximum absolute atomic E-state index is 9.39. The summed E-state index contributed by atoms with van der Waals surface area (Å²) in [6.07, 6.45) is 2.98. The molecule has 1 aliphatic rings. The van der Waals surface area contributed by atoms with E-state index >= 15 is 0 Å². The van der Waals surface area contributed by atoms with Crippen LogP contribution in [0, 0.1) is 0 Å². The summed E-state index contributed by atoms with van der Waals surface area (Å²) in [5.74, 6) is 2.02. The van der Waals surface area contributed by atoms with Gasteiger partial charge >= 0.3 is 0 Å². The van der Waals surface area contributed by atoms with Crippen molar-refractivity contribution in [3.8, 4) is 28.4 Å². The molecule has 0 spiro atoms. The third-order valence-electron chi connectivity index (χ3n) is 4.43. The molecule has 0 radical (unpaired) electrons.